The van der Waals surface area contributed by atoms with Crippen molar-refractivity contribution in [3.8, 4) is 11.8 Å². The molecule has 2 N–H and O–H groups in total. The molecule has 0 aliphatic rings. The lowest BCUT2D eigenvalue weighted by atomic mass is 10.1. The first-order valence-electron chi connectivity index (χ1n) is 7.03. The highest BCUT2D eigenvalue weighted by Gasteiger charge is 1.91. The van der Waals surface area contributed by atoms with Gasteiger partial charge in [-0.3, -0.25) is 0 Å². The van der Waals surface area contributed by atoms with Crippen molar-refractivity contribution in [2.45, 2.75) is 57.7 Å². The molecule has 0 aliphatic heterocycles. The maximum atomic E-state index is 9.54. The molecule has 2 nitrogen and oxygen atoms in total. The largest absolute Gasteiger partial charge is 0.385 e. The molecule has 0 rings (SSSR count). The normalized spacial score (nSPS) is 14.3. The van der Waals surface area contributed by atoms with E-state index >= 15 is 0 Å². The Bertz CT molecular complexity index is 331. The number of hydrogen-bond donors (Lipinski definition) is 2. The summed E-state index contributed by atoms with van der Waals surface area (Å²) in [6.07, 6.45) is 14.0. The zero-order valence-corrected chi connectivity index (χ0v) is 11.9. The first-order chi connectivity index (χ1) is 9.20. The van der Waals surface area contributed by atoms with Gasteiger partial charge in [-0.1, -0.05) is 56.6 Å². The molecule has 0 spiro atoms. The third kappa shape index (κ3) is 12.9. The molecule has 0 aromatic rings. The lowest BCUT2D eigenvalue weighted by Gasteiger charge is -1.97. The first kappa shape index (κ1) is 17.7. The summed E-state index contributed by atoms with van der Waals surface area (Å²) in [6, 6.07) is 0. The quantitative estimate of drug-likeness (QED) is 0.380. The second kappa shape index (κ2) is 13.1. The van der Waals surface area contributed by atoms with Gasteiger partial charge in [0.1, 0.15) is 6.10 Å². The van der Waals surface area contributed by atoms with Gasteiger partial charge >= 0.3 is 0 Å². The van der Waals surface area contributed by atoms with Gasteiger partial charge in [0.2, 0.25) is 0 Å². The highest BCUT2D eigenvalue weighted by Crippen LogP contribution is 2.05. The molecule has 0 fully saturated rings. The summed E-state index contributed by atoms with van der Waals surface area (Å²) < 4.78 is 0. The Labute approximate surface area is 117 Å². The number of unbranched alkanes of at least 4 members (excludes halogenated alkanes) is 5. The topological polar surface area (TPSA) is 40.5 Å². The minimum absolute atomic E-state index is 0.676. The predicted molar refractivity (Wildman–Crippen MR) is 81.6 cm³/mol. The summed E-state index contributed by atoms with van der Waals surface area (Å²) >= 11 is 0. The van der Waals surface area contributed by atoms with E-state index in [1.165, 1.54) is 50.3 Å². The van der Waals surface area contributed by atoms with Crippen molar-refractivity contribution in [3.05, 3.63) is 37.0 Å². The molecule has 0 heterocycles. The van der Waals surface area contributed by atoms with Crippen LogP contribution in [-0.2, 0) is 0 Å². The molecule has 0 bridgehead atoms. The first-order valence-corrected chi connectivity index (χ1v) is 7.03. The van der Waals surface area contributed by atoms with Gasteiger partial charge in [-0.2, -0.15) is 0 Å². The smallest absolute Gasteiger partial charge is 0.133 e. The fourth-order valence-corrected chi connectivity index (χ4v) is 1.50. The number of aliphatic hydroxyl groups is 2. The summed E-state index contributed by atoms with van der Waals surface area (Å²) in [5.41, 5.74) is 0. The molecule has 0 saturated heterocycles. The Kier molecular flexibility index (Phi) is 12.2. The van der Waals surface area contributed by atoms with Crippen LogP contribution in [0.4, 0.5) is 0 Å². The van der Waals surface area contributed by atoms with Gasteiger partial charge in [-0.25, -0.2) is 0 Å². The van der Waals surface area contributed by atoms with Crippen LogP contribution >= 0.6 is 0 Å². The minimum Gasteiger partial charge on any atom is -0.385 e. The Hall–Kier alpha value is -1.30. The lowest BCUT2D eigenvalue weighted by Crippen LogP contribution is -1.96. The van der Waals surface area contributed by atoms with Crippen LogP contribution in [0.25, 0.3) is 0 Å². The van der Waals surface area contributed by atoms with Crippen molar-refractivity contribution in [3.63, 3.8) is 0 Å². The van der Waals surface area contributed by atoms with E-state index in [1.54, 1.807) is 6.08 Å². The molecule has 2 heteroatoms. The van der Waals surface area contributed by atoms with E-state index in [0.717, 1.165) is 6.42 Å². The van der Waals surface area contributed by atoms with Gasteiger partial charge in [-0.15, -0.1) is 6.58 Å². The molecule has 2 unspecified atom stereocenters. The van der Waals surface area contributed by atoms with Gasteiger partial charge in [-0.05, 0) is 31.1 Å². The highest BCUT2D eigenvalue weighted by atomic mass is 16.3. The van der Waals surface area contributed by atoms with E-state index < -0.39 is 12.2 Å². The molecule has 0 radical (unpaired) electrons. The second-order valence-electron chi connectivity index (χ2n) is 4.45. The molecule has 0 aromatic carbocycles. The van der Waals surface area contributed by atoms with E-state index in [-0.39, 0.29) is 0 Å². The fraction of sp³-hybridized carbons (Fsp3) is 0.529. The van der Waals surface area contributed by atoms with Crippen molar-refractivity contribution >= 4 is 0 Å². The molecular weight excluding hydrogens is 236 g/mol. The number of allylic oxidation sites excluding steroid dienone is 2. The summed E-state index contributed by atoms with van der Waals surface area (Å²) in [6.45, 7) is 5.65. The predicted octanol–water partition coefficient (Wildman–Crippen LogP) is 3.37. The van der Waals surface area contributed by atoms with Crippen molar-refractivity contribution in [1.29, 1.82) is 0 Å². The van der Waals surface area contributed by atoms with E-state index in [0.29, 0.717) is 0 Å². The van der Waals surface area contributed by atoms with Crippen molar-refractivity contribution in [2.75, 3.05) is 0 Å². The molecule has 2 atom stereocenters. The molecule has 0 aliphatic carbocycles. The van der Waals surface area contributed by atoms with Crippen molar-refractivity contribution in [1.82, 2.24) is 0 Å². The van der Waals surface area contributed by atoms with Crippen molar-refractivity contribution < 1.29 is 10.2 Å². The summed E-state index contributed by atoms with van der Waals surface area (Å²) in [5, 5.41) is 18.7. The third-order valence-electron chi connectivity index (χ3n) is 2.64. The average molecular weight is 262 g/mol. The SMILES string of the molecule is C=CC(O)/C=C/C#CC(O)/C=C\CCCCCCC. The zero-order chi connectivity index (χ0) is 14.3. The molecule has 106 valence electrons. The molecule has 0 saturated carbocycles. The van der Waals surface area contributed by atoms with Crippen LogP contribution in [0.2, 0.25) is 0 Å². The second-order valence-corrected chi connectivity index (χ2v) is 4.45. The van der Waals surface area contributed by atoms with E-state index in [9.17, 15) is 5.11 Å². The van der Waals surface area contributed by atoms with Gasteiger partial charge in [0.05, 0.1) is 6.10 Å². The molecule has 19 heavy (non-hydrogen) atoms. The summed E-state index contributed by atoms with van der Waals surface area (Å²) in [7, 11) is 0. The summed E-state index contributed by atoms with van der Waals surface area (Å²) in [5.74, 6) is 5.34. The standard InChI is InChI=1S/C17H26O2/c1-3-5-6-7-8-9-10-14-17(19)15-12-11-13-16(18)4-2/h4,10-11,13-14,16-19H,2-3,5-9H2,1H3/b13-11+,14-10-. The third-order valence-corrected chi connectivity index (χ3v) is 2.64. The fourth-order valence-electron chi connectivity index (χ4n) is 1.50. The van der Waals surface area contributed by atoms with Crippen LogP contribution < -0.4 is 0 Å². The van der Waals surface area contributed by atoms with Crippen LogP contribution in [0.15, 0.2) is 37.0 Å². The van der Waals surface area contributed by atoms with Crippen LogP contribution in [0, 0.1) is 11.8 Å². The van der Waals surface area contributed by atoms with E-state index in [2.05, 4.69) is 25.3 Å². The van der Waals surface area contributed by atoms with Crippen LogP contribution in [0.1, 0.15) is 45.4 Å². The van der Waals surface area contributed by atoms with E-state index in [1.807, 2.05) is 6.08 Å². The summed E-state index contributed by atoms with van der Waals surface area (Å²) in [4.78, 5) is 0. The average Bonchev–Trinajstić information content (AvgIpc) is 2.42. The Morgan fingerprint density at radius 2 is 1.84 bits per heavy atom. The molecule has 0 amide bonds. The Balaban J connectivity index is 3.73. The number of hydrogen-bond acceptors (Lipinski definition) is 2. The van der Waals surface area contributed by atoms with Crippen LogP contribution in [0.3, 0.4) is 0 Å². The lowest BCUT2D eigenvalue weighted by molar-refractivity contribution is 0.272. The van der Waals surface area contributed by atoms with E-state index in [4.69, 9.17) is 5.11 Å². The van der Waals surface area contributed by atoms with Gasteiger partial charge in [0.25, 0.3) is 0 Å². The van der Waals surface area contributed by atoms with Gasteiger partial charge in [0.15, 0.2) is 0 Å². The minimum atomic E-state index is -0.735. The zero-order valence-electron chi connectivity index (χ0n) is 11.9. The Morgan fingerprint density at radius 1 is 1.11 bits per heavy atom. The van der Waals surface area contributed by atoms with Gasteiger partial charge in [0, 0.05) is 0 Å². The maximum absolute atomic E-state index is 9.54. The highest BCUT2D eigenvalue weighted by molar-refractivity contribution is 5.22. The molecular formula is C17H26O2. The number of aliphatic hydroxyl groups excluding tert-OH is 2. The maximum Gasteiger partial charge on any atom is 0.133 e. The van der Waals surface area contributed by atoms with Gasteiger partial charge < -0.3 is 10.2 Å². The molecule has 0 aromatic heterocycles. The monoisotopic (exact) mass is 262 g/mol. The number of rotatable bonds is 9. The van der Waals surface area contributed by atoms with Crippen LogP contribution in [-0.4, -0.2) is 22.4 Å². The van der Waals surface area contributed by atoms with Crippen molar-refractivity contribution in [2.24, 2.45) is 0 Å². The Morgan fingerprint density at radius 3 is 2.53 bits per heavy atom. The van der Waals surface area contributed by atoms with Crippen LogP contribution in [0.5, 0.6) is 0 Å².